The van der Waals surface area contributed by atoms with Crippen LogP contribution in [0.5, 0.6) is 17.2 Å². The van der Waals surface area contributed by atoms with Gasteiger partial charge >= 0.3 is 0 Å². The third-order valence-corrected chi connectivity index (χ3v) is 3.86. The fraction of sp³-hybridized carbons (Fsp3) is 0.200. The predicted molar refractivity (Wildman–Crippen MR) is 84.5 cm³/mol. The molecule has 4 heteroatoms. The molecule has 0 fully saturated rings. The molecule has 0 saturated heterocycles. The van der Waals surface area contributed by atoms with E-state index in [4.69, 9.17) is 9.47 Å². The molecular weight excluding hydrogens is 372 g/mol. The zero-order valence-electron chi connectivity index (χ0n) is 10.5. The maximum Gasteiger partial charge on any atom is 0.131 e. The molecule has 0 N–H and O–H groups in total. The van der Waals surface area contributed by atoms with Crippen molar-refractivity contribution >= 4 is 31.9 Å². The summed E-state index contributed by atoms with van der Waals surface area (Å²) in [5.41, 5.74) is 1.19. The van der Waals surface area contributed by atoms with E-state index in [9.17, 15) is 0 Å². The van der Waals surface area contributed by atoms with Gasteiger partial charge in [0.2, 0.25) is 0 Å². The lowest BCUT2D eigenvalue weighted by Crippen LogP contribution is -1.92. The highest BCUT2D eigenvalue weighted by Crippen LogP contribution is 2.29. The van der Waals surface area contributed by atoms with Crippen molar-refractivity contribution in [2.75, 3.05) is 6.61 Å². The van der Waals surface area contributed by atoms with Gasteiger partial charge in [-0.25, -0.2) is 0 Å². The van der Waals surface area contributed by atoms with Gasteiger partial charge in [0.05, 0.1) is 6.61 Å². The zero-order valence-corrected chi connectivity index (χ0v) is 13.7. The number of halogens is 2. The van der Waals surface area contributed by atoms with Gasteiger partial charge in [-0.15, -0.1) is 0 Å². The lowest BCUT2D eigenvalue weighted by molar-refractivity contribution is 0.338. The van der Waals surface area contributed by atoms with Crippen molar-refractivity contribution in [1.82, 2.24) is 0 Å². The topological polar surface area (TPSA) is 18.5 Å². The van der Waals surface area contributed by atoms with Gasteiger partial charge in [0.15, 0.2) is 0 Å². The van der Waals surface area contributed by atoms with Crippen LogP contribution in [0.2, 0.25) is 0 Å². The van der Waals surface area contributed by atoms with E-state index in [2.05, 4.69) is 31.9 Å². The Labute approximate surface area is 130 Å². The number of hydrogen-bond donors (Lipinski definition) is 0. The predicted octanol–water partition coefficient (Wildman–Crippen LogP) is 5.54. The first kappa shape index (κ1) is 14.4. The molecule has 0 amide bonds. The molecule has 0 atom stereocenters. The van der Waals surface area contributed by atoms with Crippen molar-refractivity contribution < 1.29 is 9.47 Å². The summed E-state index contributed by atoms with van der Waals surface area (Å²) in [6.07, 6.45) is 0. The number of rotatable bonds is 5. The van der Waals surface area contributed by atoms with Crippen LogP contribution in [0.4, 0.5) is 0 Å². The van der Waals surface area contributed by atoms with Crippen LogP contribution < -0.4 is 9.47 Å². The Balaban J connectivity index is 2.16. The van der Waals surface area contributed by atoms with Crippen LogP contribution in [-0.4, -0.2) is 6.61 Å². The summed E-state index contributed by atoms with van der Waals surface area (Å²) >= 11 is 6.96. The number of benzene rings is 2. The van der Waals surface area contributed by atoms with Crippen molar-refractivity contribution in [3.8, 4) is 17.2 Å². The molecule has 0 radical (unpaired) electrons. The second-order valence-corrected chi connectivity index (χ2v) is 5.31. The molecule has 2 nitrogen and oxygen atoms in total. The van der Waals surface area contributed by atoms with Gasteiger partial charge in [-0.2, -0.15) is 0 Å². The van der Waals surface area contributed by atoms with E-state index >= 15 is 0 Å². The third-order valence-electron chi connectivity index (χ3n) is 2.52. The standard InChI is InChI=1S/C15H14Br2O2/c1-2-18-12-4-3-5-13(8-12)19-14-7-6-11(10-16)15(17)9-14/h3-9H,2,10H2,1H3. The fourth-order valence-corrected chi connectivity index (χ4v) is 2.99. The highest BCUT2D eigenvalue weighted by molar-refractivity contribution is 9.10. The highest BCUT2D eigenvalue weighted by Gasteiger charge is 2.03. The largest absolute Gasteiger partial charge is 0.494 e. The lowest BCUT2D eigenvalue weighted by atomic mass is 10.2. The summed E-state index contributed by atoms with van der Waals surface area (Å²) in [5.74, 6) is 2.38. The van der Waals surface area contributed by atoms with Crippen LogP contribution in [0.3, 0.4) is 0 Å². The van der Waals surface area contributed by atoms with E-state index in [1.165, 1.54) is 5.56 Å². The Kier molecular flexibility index (Phi) is 5.28. The molecule has 0 aliphatic rings. The monoisotopic (exact) mass is 384 g/mol. The van der Waals surface area contributed by atoms with Crippen LogP contribution in [-0.2, 0) is 5.33 Å². The summed E-state index contributed by atoms with van der Waals surface area (Å²) < 4.78 is 12.3. The van der Waals surface area contributed by atoms with E-state index in [-0.39, 0.29) is 0 Å². The van der Waals surface area contributed by atoms with Crippen molar-refractivity contribution in [3.05, 3.63) is 52.5 Å². The summed E-state index contributed by atoms with van der Waals surface area (Å²) in [7, 11) is 0. The second kappa shape index (κ2) is 6.96. The van der Waals surface area contributed by atoms with E-state index in [1.54, 1.807) is 0 Å². The van der Waals surface area contributed by atoms with Crippen LogP contribution >= 0.6 is 31.9 Å². The molecule has 0 unspecified atom stereocenters. The highest BCUT2D eigenvalue weighted by atomic mass is 79.9. The molecule has 0 aliphatic heterocycles. The molecule has 0 spiro atoms. The van der Waals surface area contributed by atoms with E-state index in [0.29, 0.717) is 6.61 Å². The SMILES string of the molecule is CCOc1cccc(Oc2ccc(CBr)c(Br)c2)c1. The van der Waals surface area contributed by atoms with E-state index < -0.39 is 0 Å². The van der Waals surface area contributed by atoms with Gasteiger partial charge in [-0.05, 0) is 36.8 Å². The third kappa shape index (κ3) is 3.98. The van der Waals surface area contributed by atoms with Gasteiger partial charge in [0, 0.05) is 15.9 Å². The molecule has 0 heterocycles. The minimum Gasteiger partial charge on any atom is -0.494 e. The normalized spacial score (nSPS) is 10.3. The van der Waals surface area contributed by atoms with Crippen LogP contribution in [0.15, 0.2) is 46.9 Å². The quantitative estimate of drug-likeness (QED) is 0.629. The van der Waals surface area contributed by atoms with Crippen molar-refractivity contribution in [3.63, 3.8) is 0 Å². The van der Waals surface area contributed by atoms with Gasteiger partial charge in [0.25, 0.3) is 0 Å². The van der Waals surface area contributed by atoms with Crippen LogP contribution in [0.25, 0.3) is 0 Å². The average Bonchev–Trinajstić information content (AvgIpc) is 2.40. The zero-order chi connectivity index (χ0) is 13.7. The number of alkyl halides is 1. The molecule has 100 valence electrons. The van der Waals surface area contributed by atoms with E-state index in [0.717, 1.165) is 27.1 Å². The molecule has 2 aromatic rings. The Hall–Kier alpha value is -1.000. The smallest absolute Gasteiger partial charge is 0.131 e. The summed E-state index contributed by atoms with van der Waals surface area (Å²) in [5, 5.41) is 0.813. The van der Waals surface area contributed by atoms with Gasteiger partial charge in [-0.3, -0.25) is 0 Å². The molecule has 19 heavy (non-hydrogen) atoms. The molecule has 0 saturated carbocycles. The average molecular weight is 386 g/mol. The summed E-state index contributed by atoms with van der Waals surface area (Å²) in [6.45, 7) is 2.61. The minimum atomic E-state index is 0.648. The van der Waals surface area contributed by atoms with Crippen molar-refractivity contribution in [2.45, 2.75) is 12.3 Å². The first-order chi connectivity index (χ1) is 9.22. The van der Waals surface area contributed by atoms with Crippen LogP contribution in [0, 0.1) is 0 Å². The Morgan fingerprint density at radius 1 is 1.00 bits per heavy atom. The number of ether oxygens (including phenoxy) is 2. The lowest BCUT2D eigenvalue weighted by Gasteiger charge is -2.09. The minimum absolute atomic E-state index is 0.648. The Morgan fingerprint density at radius 3 is 2.42 bits per heavy atom. The summed E-state index contributed by atoms with van der Waals surface area (Å²) in [6, 6.07) is 13.6. The number of hydrogen-bond acceptors (Lipinski definition) is 2. The summed E-state index contributed by atoms with van der Waals surface area (Å²) in [4.78, 5) is 0. The molecule has 2 aromatic carbocycles. The maximum absolute atomic E-state index is 5.82. The van der Waals surface area contributed by atoms with Crippen LogP contribution in [0.1, 0.15) is 12.5 Å². The maximum atomic E-state index is 5.82. The van der Waals surface area contributed by atoms with Gasteiger partial charge in [0.1, 0.15) is 17.2 Å². The van der Waals surface area contributed by atoms with Crippen molar-refractivity contribution in [1.29, 1.82) is 0 Å². The Bertz CT molecular complexity index is 556. The first-order valence-corrected chi connectivity index (χ1v) is 7.89. The first-order valence-electron chi connectivity index (χ1n) is 5.98. The molecular formula is C15H14Br2O2. The van der Waals surface area contributed by atoms with Crippen molar-refractivity contribution in [2.24, 2.45) is 0 Å². The van der Waals surface area contributed by atoms with E-state index in [1.807, 2.05) is 49.4 Å². The molecule has 2 rings (SSSR count). The van der Waals surface area contributed by atoms with Gasteiger partial charge in [-0.1, -0.05) is 44.0 Å². The van der Waals surface area contributed by atoms with Gasteiger partial charge < -0.3 is 9.47 Å². The molecule has 0 aromatic heterocycles. The molecule has 0 aliphatic carbocycles. The fourth-order valence-electron chi connectivity index (χ4n) is 1.63. The molecule has 0 bridgehead atoms. The Morgan fingerprint density at radius 2 is 1.74 bits per heavy atom. The second-order valence-electron chi connectivity index (χ2n) is 3.90.